The molecule has 116 valence electrons. The quantitative estimate of drug-likeness (QED) is 0.750. The Balaban J connectivity index is 2.50. The standard InChI is InChI=1S/C11H14ClN3O4S2/c1-8(2)9-7-10-11(13-3-4-15(10)14-9)20(16,17)5-6-21(12,18)19/h3-4,7-8H,5-6H2,1-2H3. The van der Waals surface area contributed by atoms with Crippen molar-refractivity contribution in [1.82, 2.24) is 14.6 Å². The first-order valence-corrected chi connectivity index (χ1v) is 10.2. The second-order valence-electron chi connectivity index (χ2n) is 4.85. The Morgan fingerprint density at radius 1 is 1.24 bits per heavy atom. The summed E-state index contributed by atoms with van der Waals surface area (Å²) in [6.45, 7) is 3.87. The molecule has 0 aliphatic rings. The minimum atomic E-state index is -3.88. The maximum Gasteiger partial charge on any atom is 0.233 e. The maximum absolute atomic E-state index is 12.2. The third-order valence-electron chi connectivity index (χ3n) is 2.86. The van der Waals surface area contributed by atoms with E-state index in [1.807, 2.05) is 13.8 Å². The predicted octanol–water partition coefficient (Wildman–Crippen LogP) is 1.20. The second kappa shape index (κ2) is 5.54. The van der Waals surface area contributed by atoms with Gasteiger partial charge in [-0.3, -0.25) is 0 Å². The zero-order chi connectivity index (χ0) is 15.8. The van der Waals surface area contributed by atoms with Crippen LogP contribution in [0.2, 0.25) is 0 Å². The second-order valence-corrected chi connectivity index (χ2v) is 9.77. The molecule has 0 N–H and O–H groups in total. The van der Waals surface area contributed by atoms with Gasteiger partial charge in [-0.05, 0) is 12.0 Å². The molecule has 0 radical (unpaired) electrons. The van der Waals surface area contributed by atoms with E-state index in [1.165, 1.54) is 10.7 Å². The summed E-state index contributed by atoms with van der Waals surface area (Å²) in [4.78, 5) is 3.87. The molecule has 2 aromatic rings. The van der Waals surface area contributed by atoms with Crippen LogP contribution in [0.4, 0.5) is 0 Å². The van der Waals surface area contributed by atoms with Gasteiger partial charge in [0, 0.05) is 23.1 Å². The van der Waals surface area contributed by atoms with Crippen LogP contribution in [0.15, 0.2) is 23.5 Å². The SMILES string of the molecule is CC(C)c1cc2c(S(=O)(=O)CCS(=O)(=O)Cl)nccn2n1. The van der Waals surface area contributed by atoms with E-state index in [0.717, 1.165) is 5.69 Å². The van der Waals surface area contributed by atoms with Crippen LogP contribution in [-0.4, -0.2) is 42.9 Å². The monoisotopic (exact) mass is 351 g/mol. The molecule has 0 unspecified atom stereocenters. The summed E-state index contributed by atoms with van der Waals surface area (Å²) < 4.78 is 47.8. The Hall–Kier alpha value is -1.19. The molecule has 0 aliphatic heterocycles. The molecule has 21 heavy (non-hydrogen) atoms. The van der Waals surface area contributed by atoms with Crippen molar-refractivity contribution in [3.05, 3.63) is 24.2 Å². The number of fused-ring (bicyclic) bond motifs is 1. The fraction of sp³-hybridized carbons (Fsp3) is 0.455. The molecule has 2 aromatic heterocycles. The van der Waals surface area contributed by atoms with Crippen molar-refractivity contribution in [3.8, 4) is 0 Å². The minimum absolute atomic E-state index is 0.128. The lowest BCUT2D eigenvalue weighted by Crippen LogP contribution is -2.16. The van der Waals surface area contributed by atoms with Gasteiger partial charge in [0.15, 0.2) is 14.9 Å². The van der Waals surface area contributed by atoms with Crippen LogP contribution in [0.5, 0.6) is 0 Å². The van der Waals surface area contributed by atoms with Gasteiger partial charge in [0.1, 0.15) is 5.52 Å². The average Bonchev–Trinajstić information content (AvgIpc) is 2.79. The molecule has 0 spiro atoms. The van der Waals surface area contributed by atoms with Crippen LogP contribution in [0.25, 0.3) is 5.52 Å². The van der Waals surface area contributed by atoms with E-state index in [1.54, 1.807) is 12.3 Å². The van der Waals surface area contributed by atoms with Crippen molar-refractivity contribution in [2.45, 2.75) is 24.8 Å². The minimum Gasteiger partial charge on any atom is -0.241 e. The maximum atomic E-state index is 12.2. The fourth-order valence-corrected chi connectivity index (χ4v) is 4.87. The first kappa shape index (κ1) is 16.2. The van der Waals surface area contributed by atoms with Gasteiger partial charge in [-0.15, -0.1) is 0 Å². The van der Waals surface area contributed by atoms with E-state index < -0.39 is 30.4 Å². The van der Waals surface area contributed by atoms with Crippen molar-refractivity contribution < 1.29 is 16.8 Å². The van der Waals surface area contributed by atoms with E-state index in [2.05, 4.69) is 10.1 Å². The zero-order valence-corrected chi connectivity index (χ0v) is 13.8. The summed E-state index contributed by atoms with van der Waals surface area (Å²) in [6, 6.07) is 1.64. The Labute approximate surface area is 127 Å². The molecule has 2 rings (SSSR count). The van der Waals surface area contributed by atoms with Gasteiger partial charge in [0.05, 0.1) is 17.2 Å². The zero-order valence-electron chi connectivity index (χ0n) is 11.4. The first-order chi connectivity index (χ1) is 9.60. The van der Waals surface area contributed by atoms with E-state index in [9.17, 15) is 16.8 Å². The smallest absolute Gasteiger partial charge is 0.233 e. The number of hydrogen-bond donors (Lipinski definition) is 0. The molecule has 0 atom stereocenters. The number of hydrogen-bond acceptors (Lipinski definition) is 6. The molecule has 10 heteroatoms. The molecule has 0 bridgehead atoms. The first-order valence-electron chi connectivity index (χ1n) is 6.09. The molecular formula is C11H14ClN3O4S2. The van der Waals surface area contributed by atoms with Gasteiger partial charge in [-0.25, -0.2) is 26.3 Å². The van der Waals surface area contributed by atoms with Crippen molar-refractivity contribution >= 4 is 35.1 Å². The number of halogens is 1. The molecule has 0 fully saturated rings. The van der Waals surface area contributed by atoms with E-state index in [4.69, 9.17) is 10.7 Å². The third kappa shape index (κ3) is 3.72. The summed E-state index contributed by atoms with van der Waals surface area (Å²) in [7, 11) is -2.69. The van der Waals surface area contributed by atoms with E-state index in [-0.39, 0.29) is 10.9 Å². The highest BCUT2D eigenvalue weighted by Crippen LogP contribution is 2.21. The lowest BCUT2D eigenvalue weighted by Gasteiger charge is -2.03. The molecule has 0 amide bonds. The Bertz CT molecular complexity index is 872. The highest BCUT2D eigenvalue weighted by molar-refractivity contribution is 8.14. The van der Waals surface area contributed by atoms with Crippen LogP contribution in [-0.2, 0) is 18.9 Å². The van der Waals surface area contributed by atoms with Crippen molar-refractivity contribution in [1.29, 1.82) is 0 Å². The Kier molecular flexibility index (Phi) is 4.27. The summed E-state index contributed by atoms with van der Waals surface area (Å²) >= 11 is 0. The average molecular weight is 352 g/mol. The normalized spacial score (nSPS) is 13.1. The lowest BCUT2D eigenvalue weighted by molar-refractivity contribution is 0.590. The Morgan fingerprint density at radius 2 is 1.90 bits per heavy atom. The molecular weight excluding hydrogens is 338 g/mol. The molecule has 0 saturated carbocycles. The molecule has 2 heterocycles. The van der Waals surface area contributed by atoms with Gasteiger partial charge >= 0.3 is 0 Å². The summed E-state index contributed by atoms with van der Waals surface area (Å²) in [5.74, 6) is -1.15. The summed E-state index contributed by atoms with van der Waals surface area (Å²) in [5.41, 5.74) is 1.05. The topological polar surface area (TPSA) is 98.5 Å². The van der Waals surface area contributed by atoms with Crippen LogP contribution < -0.4 is 0 Å². The summed E-state index contributed by atoms with van der Waals surface area (Å²) in [6.07, 6.45) is 2.85. The highest BCUT2D eigenvalue weighted by atomic mass is 35.7. The van der Waals surface area contributed by atoms with Gasteiger partial charge in [-0.2, -0.15) is 5.10 Å². The number of nitrogens with zero attached hydrogens (tertiary/aromatic N) is 3. The van der Waals surface area contributed by atoms with Crippen LogP contribution >= 0.6 is 10.7 Å². The van der Waals surface area contributed by atoms with Crippen molar-refractivity contribution in [2.75, 3.05) is 11.5 Å². The number of rotatable bonds is 5. The molecule has 7 nitrogen and oxygen atoms in total. The van der Waals surface area contributed by atoms with Crippen LogP contribution in [0.3, 0.4) is 0 Å². The molecule has 0 aromatic carbocycles. The highest BCUT2D eigenvalue weighted by Gasteiger charge is 2.23. The number of sulfone groups is 1. The predicted molar refractivity (Wildman–Crippen MR) is 78.8 cm³/mol. The van der Waals surface area contributed by atoms with Gasteiger partial charge in [0.2, 0.25) is 9.05 Å². The van der Waals surface area contributed by atoms with Crippen molar-refractivity contribution in [3.63, 3.8) is 0 Å². The molecule has 0 saturated heterocycles. The Morgan fingerprint density at radius 3 is 2.48 bits per heavy atom. The number of aromatic nitrogens is 3. The van der Waals surface area contributed by atoms with Crippen LogP contribution in [0, 0.1) is 0 Å². The summed E-state index contributed by atoms with van der Waals surface area (Å²) in [5, 5.41) is 4.07. The largest absolute Gasteiger partial charge is 0.241 e. The fourth-order valence-electron chi connectivity index (χ4n) is 1.74. The molecule has 0 aliphatic carbocycles. The van der Waals surface area contributed by atoms with Crippen LogP contribution in [0.1, 0.15) is 25.5 Å². The van der Waals surface area contributed by atoms with E-state index in [0.29, 0.717) is 5.52 Å². The third-order valence-corrected chi connectivity index (χ3v) is 5.91. The van der Waals surface area contributed by atoms with E-state index >= 15 is 0 Å². The van der Waals surface area contributed by atoms with Gasteiger partial charge < -0.3 is 0 Å². The lowest BCUT2D eigenvalue weighted by atomic mass is 10.1. The van der Waals surface area contributed by atoms with Gasteiger partial charge in [0.25, 0.3) is 0 Å². The van der Waals surface area contributed by atoms with Crippen molar-refractivity contribution in [2.24, 2.45) is 0 Å². The van der Waals surface area contributed by atoms with Gasteiger partial charge in [-0.1, -0.05) is 13.8 Å².